The van der Waals surface area contributed by atoms with Gasteiger partial charge in [0.25, 0.3) is 5.22 Å². The molecule has 1 aromatic heterocycles. The predicted octanol–water partition coefficient (Wildman–Crippen LogP) is 1.47. The molecular weight excluding hydrogens is 250 g/mol. The van der Waals surface area contributed by atoms with Crippen LogP contribution in [0.15, 0.2) is 27.8 Å². The van der Waals surface area contributed by atoms with Gasteiger partial charge in [-0.25, -0.2) is 9.19 Å². The summed E-state index contributed by atoms with van der Waals surface area (Å²) in [5.41, 5.74) is 7.57. The number of oxazole rings is 1. The first kappa shape index (κ1) is 13.0. The summed E-state index contributed by atoms with van der Waals surface area (Å²) in [5.74, 6) is 0.556. The summed E-state index contributed by atoms with van der Waals surface area (Å²) in [4.78, 5) is 6.27. The molecular formula is C12H17N3O2S. The van der Waals surface area contributed by atoms with Crippen molar-refractivity contribution in [3.63, 3.8) is 0 Å². The van der Waals surface area contributed by atoms with E-state index in [4.69, 9.17) is 10.2 Å². The molecule has 0 amide bonds. The molecule has 5 nitrogen and oxygen atoms in total. The van der Waals surface area contributed by atoms with Crippen LogP contribution in [0, 0.1) is 0 Å². The van der Waals surface area contributed by atoms with Crippen molar-refractivity contribution in [2.75, 3.05) is 32.1 Å². The maximum atomic E-state index is 12.0. The molecule has 18 heavy (non-hydrogen) atoms. The van der Waals surface area contributed by atoms with E-state index in [0.29, 0.717) is 22.5 Å². The Morgan fingerprint density at radius 2 is 2.22 bits per heavy atom. The van der Waals surface area contributed by atoms with E-state index in [2.05, 4.69) is 9.88 Å². The molecule has 98 valence electrons. The minimum atomic E-state index is -1.18. The maximum absolute atomic E-state index is 12.0. The lowest BCUT2D eigenvalue weighted by atomic mass is 10.3. The monoisotopic (exact) mass is 267 g/mol. The molecule has 0 aliphatic heterocycles. The van der Waals surface area contributed by atoms with Crippen LogP contribution in [0.2, 0.25) is 0 Å². The van der Waals surface area contributed by atoms with Gasteiger partial charge in [-0.1, -0.05) is 0 Å². The van der Waals surface area contributed by atoms with Crippen LogP contribution in [0.3, 0.4) is 0 Å². The molecule has 1 unspecified atom stereocenters. The van der Waals surface area contributed by atoms with E-state index in [9.17, 15) is 4.21 Å². The first-order valence-corrected chi connectivity index (χ1v) is 7.07. The molecule has 1 aromatic carbocycles. The molecule has 0 saturated heterocycles. The van der Waals surface area contributed by atoms with Crippen molar-refractivity contribution in [1.29, 1.82) is 0 Å². The smallest absolute Gasteiger partial charge is 0.287 e. The molecule has 1 heterocycles. The van der Waals surface area contributed by atoms with E-state index in [1.807, 2.05) is 14.1 Å². The fraction of sp³-hybridized carbons (Fsp3) is 0.417. The van der Waals surface area contributed by atoms with E-state index in [1.54, 1.807) is 18.2 Å². The maximum Gasteiger partial charge on any atom is 0.287 e. The van der Waals surface area contributed by atoms with Gasteiger partial charge in [0.15, 0.2) is 5.58 Å². The average molecular weight is 267 g/mol. The Morgan fingerprint density at radius 3 is 2.94 bits per heavy atom. The number of nitrogens with two attached hydrogens (primary N) is 1. The van der Waals surface area contributed by atoms with Crippen molar-refractivity contribution >= 4 is 27.6 Å². The van der Waals surface area contributed by atoms with Crippen LogP contribution in [0.5, 0.6) is 0 Å². The van der Waals surface area contributed by atoms with Crippen molar-refractivity contribution in [2.45, 2.75) is 11.6 Å². The minimum absolute atomic E-state index is 0.286. The lowest BCUT2D eigenvalue weighted by Gasteiger charge is -2.07. The van der Waals surface area contributed by atoms with Gasteiger partial charge in [-0.2, -0.15) is 0 Å². The number of hydrogen-bond donors (Lipinski definition) is 1. The number of hydrogen-bond acceptors (Lipinski definition) is 5. The molecule has 0 aliphatic carbocycles. The number of rotatable bonds is 5. The molecule has 0 aliphatic rings. The van der Waals surface area contributed by atoms with Crippen molar-refractivity contribution in [1.82, 2.24) is 9.88 Å². The van der Waals surface area contributed by atoms with Crippen LogP contribution in [0.25, 0.3) is 11.1 Å². The minimum Gasteiger partial charge on any atom is -0.430 e. The highest BCUT2D eigenvalue weighted by atomic mass is 32.2. The summed E-state index contributed by atoms with van der Waals surface area (Å²) in [6, 6.07) is 5.21. The molecule has 0 bridgehead atoms. The summed E-state index contributed by atoms with van der Waals surface area (Å²) in [7, 11) is 2.80. The predicted molar refractivity (Wildman–Crippen MR) is 72.9 cm³/mol. The van der Waals surface area contributed by atoms with Gasteiger partial charge >= 0.3 is 0 Å². The number of nitrogen functional groups attached to an aromatic ring is 1. The molecule has 1 atom stereocenters. The zero-order chi connectivity index (χ0) is 13.1. The molecule has 6 heteroatoms. The van der Waals surface area contributed by atoms with Gasteiger partial charge in [-0.05, 0) is 45.3 Å². The molecule has 0 saturated carbocycles. The Kier molecular flexibility index (Phi) is 3.98. The topological polar surface area (TPSA) is 72.4 Å². The van der Waals surface area contributed by atoms with Crippen molar-refractivity contribution in [3.8, 4) is 0 Å². The highest BCUT2D eigenvalue weighted by Gasteiger charge is 2.12. The molecule has 2 N–H and O–H groups in total. The SMILES string of the molecule is CN(C)CCCS(=O)c1nc2cc(N)ccc2o1. The van der Waals surface area contributed by atoms with E-state index in [0.717, 1.165) is 13.0 Å². The van der Waals surface area contributed by atoms with Gasteiger partial charge in [0, 0.05) is 11.4 Å². The van der Waals surface area contributed by atoms with E-state index < -0.39 is 10.8 Å². The number of anilines is 1. The van der Waals surface area contributed by atoms with Crippen molar-refractivity contribution in [2.24, 2.45) is 0 Å². The van der Waals surface area contributed by atoms with Gasteiger partial charge in [0.1, 0.15) is 16.3 Å². The first-order valence-electron chi connectivity index (χ1n) is 5.75. The Labute approximate surface area is 108 Å². The van der Waals surface area contributed by atoms with Crippen molar-refractivity contribution < 1.29 is 8.63 Å². The third-order valence-corrected chi connectivity index (χ3v) is 3.75. The van der Waals surface area contributed by atoms with E-state index in [-0.39, 0.29) is 5.22 Å². The molecule has 2 aromatic rings. The zero-order valence-electron chi connectivity index (χ0n) is 10.5. The third-order valence-electron chi connectivity index (χ3n) is 2.52. The number of aromatic nitrogens is 1. The Hall–Kier alpha value is -1.40. The third kappa shape index (κ3) is 3.08. The average Bonchev–Trinajstić information content (AvgIpc) is 2.71. The normalized spacial score (nSPS) is 13.3. The summed E-state index contributed by atoms with van der Waals surface area (Å²) in [6.07, 6.45) is 0.848. The molecule has 0 spiro atoms. The van der Waals surface area contributed by atoms with Crippen LogP contribution in [0.1, 0.15) is 6.42 Å². The van der Waals surface area contributed by atoms with Crippen molar-refractivity contribution in [3.05, 3.63) is 18.2 Å². The highest BCUT2D eigenvalue weighted by Crippen LogP contribution is 2.20. The van der Waals surface area contributed by atoms with Gasteiger partial charge < -0.3 is 15.1 Å². The fourth-order valence-electron chi connectivity index (χ4n) is 1.62. The molecule has 2 rings (SSSR count). The van der Waals surface area contributed by atoms with E-state index in [1.165, 1.54) is 0 Å². The second kappa shape index (κ2) is 5.49. The van der Waals surface area contributed by atoms with Gasteiger partial charge in [0.05, 0.1) is 0 Å². The van der Waals surface area contributed by atoms with Crippen LogP contribution in [-0.4, -0.2) is 40.5 Å². The lowest BCUT2D eigenvalue weighted by molar-refractivity contribution is 0.408. The van der Waals surface area contributed by atoms with Crippen LogP contribution < -0.4 is 5.73 Å². The summed E-state index contributed by atoms with van der Waals surface area (Å²) in [5, 5.41) is 0.286. The van der Waals surface area contributed by atoms with Gasteiger partial charge in [-0.15, -0.1) is 0 Å². The second-order valence-electron chi connectivity index (χ2n) is 4.41. The highest BCUT2D eigenvalue weighted by molar-refractivity contribution is 7.84. The van der Waals surface area contributed by atoms with Crippen LogP contribution in [0.4, 0.5) is 5.69 Å². The number of fused-ring (bicyclic) bond motifs is 1. The molecule has 0 radical (unpaired) electrons. The van der Waals surface area contributed by atoms with E-state index >= 15 is 0 Å². The largest absolute Gasteiger partial charge is 0.430 e. The second-order valence-corrected chi connectivity index (χ2v) is 5.86. The van der Waals surface area contributed by atoms with Crippen LogP contribution >= 0.6 is 0 Å². The Morgan fingerprint density at radius 1 is 1.44 bits per heavy atom. The first-order chi connectivity index (χ1) is 8.56. The number of nitrogens with zero attached hydrogens (tertiary/aromatic N) is 2. The summed E-state index contributed by atoms with van der Waals surface area (Å²) >= 11 is 0. The lowest BCUT2D eigenvalue weighted by Crippen LogP contribution is -2.15. The fourth-order valence-corrected chi connectivity index (χ4v) is 2.57. The standard InChI is InChI=1S/C12H17N3O2S/c1-15(2)6-3-7-18(16)12-14-10-8-9(13)4-5-11(10)17-12/h4-5,8H,3,6-7,13H2,1-2H3. The zero-order valence-corrected chi connectivity index (χ0v) is 11.4. The van der Waals surface area contributed by atoms with Crippen LogP contribution in [-0.2, 0) is 10.8 Å². The molecule has 0 fully saturated rings. The van der Waals surface area contributed by atoms with Gasteiger partial charge in [0.2, 0.25) is 0 Å². The summed E-state index contributed by atoms with van der Waals surface area (Å²) in [6.45, 7) is 0.902. The number of benzene rings is 1. The summed E-state index contributed by atoms with van der Waals surface area (Å²) < 4.78 is 17.4. The quantitative estimate of drug-likeness (QED) is 0.830. The van der Waals surface area contributed by atoms with Gasteiger partial charge in [-0.3, -0.25) is 0 Å². The Bertz CT molecular complexity index is 565. The Balaban J connectivity index is 2.08.